The number of halogens is 1. The first-order chi connectivity index (χ1) is 13.3. The van der Waals surface area contributed by atoms with Crippen molar-refractivity contribution in [2.24, 2.45) is 5.10 Å². The number of ether oxygens (including phenoxy) is 3. The van der Waals surface area contributed by atoms with Crippen LogP contribution in [0.5, 0.6) is 17.2 Å². The summed E-state index contributed by atoms with van der Waals surface area (Å²) in [5.41, 5.74) is 2.61. The molecule has 0 radical (unpaired) electrons. The lowest BCUT2D eigenvalue weighted by molar-refractivity contribution is -0.132. The Bertz CT molecular complexity index is 896. The molecule has 0 aliphatic rings. The van der Waals surface area contributed by atoms with Crippen molar-refractivity contribution >= 4 is 24.1 Å². The first-order valence-corrected chi connectivity index (χ1v) is 8.04. The summed E-state index contributed by atoms with van der Waals surface area (Å²) in [4.78, 5) is 34.0. The van der Waals surface area contributed by atoms with Crippen molar-refractivity contribution in [3.63, 3.8) is 0 Å². The van der Waals surface area contributed by atoms with E-state index in [9.17, 15) is 18.8 Å². The highest BCUT2D eigenvalue weighted by molar-refractivity contribution is 5.87. The van der Waals surface area contributed by atoms with E-state index in [0.29, 0.717) is 11.3 Å². The van der Waals surface area contributed by atoms with E-state index in [1.807, 2.05) is 0 Å². The molecule has 1 amide bonds. The number of nitrogens with one attached hydrogen (secondary N) is 1. The van der Waals surface area contributed by atoms with Gasteiger partial charge in [0.25, 0.3) is 5.91 Å². The molecule has 28 heavy (non-hydrogen) atoms. The van der Waals surface area contributed by atoms with E-state index in [4.69, 9.17) is 14.2 Å². The molecule has 0 atom stereocenters. The Balaban J connectivity index is 1.97. The van der Waals surface area contributed by atoms with E-state index in [1.54, 1.807) is 0 Å². The molecule has 146 valence electrons. The van der Waals surface area contributed by atoms with Gasteiger partial charge in [-0.3, -0.25) is 14.4 Å². The summed E-state index contributed by atoms with van der Waals surface area (Å²) in [6, 6.07) is 9.53. The average Bonchev–Trinajstić information content (AvgIpc) is 2.62. The Labute approximate surface area is 159 Å². The van der Waals surface area contributed by atoms with Crippen LogP contribution < -0.4 is 19.6 Å². The van der Waals surface area contributed by atoms with E-state index in [1.165, 1.54) is 62.5 Å². The second-order valence-corrected chi connectivity index (χ2v) is 5.42. The molecule has 2 aromatic carbocycles. The Morgan fingerprint density at radius 2 is 1.64 bits per heavy atom. The number of hydrogen-bond donors (Lipinski definition) is 1. The first-order valence-electron chi connectivity index (χ1n) is 8.04. The topological polar surface area (TPSA) is 103 Å². The van der Waals surface area contributed by atoms with Crippen LogP contribution in [0.3, 0.4) is 0 Å². The number of carbonyl (C=O) groups is 3. The summed E-state index contributed by atoms with van der Waals surface area (Å²) in [5, 5.41) is 3.76. The van der Waals surface area contributed by atoms with Crippen LogP contribution in [0.25, 0.3) is 0 Å². The summed E-state index contributed by atoms with van der Waals surface area (Å²) in [6.07, 6.45) is 1.26. The quantitative estimate of drug-likeness (QED) is 0.338. The van der Waals surface area contributed by atoms with Gasteiger partial charge < -0.3 is 14.2 Å². The zero-order valence-corrected chi connectivity index (χ0v) is 15.1. The maximum absolute atomic E-state index is 12.8. The molecule has 0 saturated heterocycles. The molecule has 0 aromatic heterocycles. The second-order valence-electron chi connectivity index (χ2n) is 5.42. The van der Waals surface area contributed by atoms with Gasteiger partial charge in [0.05, 0.1) is 6.21 Å². The SMILES string of the molecule is CC(=O)Oc1ccc(/C=N\NC(=O)COc2ccc(F)cc2)c(OC(C)=O)c1. The number of benzene rings is 2. The molecular weight excluding hydrogens is 371 g/mol. The maximum atomic E-state index is 12.8. The Kier molecular flexibility index (Phi) is 7.21. The minimum Gasteiger partial charge on any atom is -0.484 e. The minimum absolute atomic E-state index is 0.104. The lowest BCUT2D eigenvalue weighted by Crippen LogP contribution is -2.24. The van der Waals surface area contributed by atoms with Gasteiger partial charge in [-0.25, -0.2) is 9.82 Å². The van der Waals surface area contributed by atoms with Gasteiger partial charge in [0.15, 0.2) is 6.61 Å². The highest BCUT2D eigenvalue weighted by Gasteiger charge is 2.09. The predicted octanol–water partition coefficient (Wildman–Crippen LogP) is 2.21. The fourth-order valence-corrected chi connectivity index (χ4v) is 1.98. The van der Waals surface area contributed by atoms with Gasteiger partial charge in [-0.2, -0.15) is 5.10 Å². The molecule has 1 N–H and O–H groups in total. The van der Waals surface area contributed by atoms with Crippen molar-refractivity contribution < 1.29 is 33.0 Å². The molecular formula is C19H17FN2O6. The number of hydrogen-bond acceptors (Lipinski definition) is 7. The zero-order valence-electron chi connectivity index (χ0n) is 15.1. The van der Waals surface area contributed by atoms with Gasteiger partial charge in [0.2, 0.25) is 0 Å². The van der Waals surface area contributed by atoms with Crippen molar-refractivity contribution in [1.82, 2.24) is 5.43 Å². The van der Waals surface area contributed by atoms with E-state index in [0.717, 1.165) is 0 Å². The van der Waals surface area contributed by atoms with Gasteiger partial charge in [0, 0.05) is 25.5 Å². The number of esters is 2. The Morgan fingerprint density at radius 3 is 2.29 bits per heavy atom. The predicted molar refractivity (Wildman–Crippen MR) is 96.7 cm³/mol. The first kappa shape index (κ1) is 20.6. The summed E-state index contributed by atoms with van der Waals surface area (Å²) < 4.78 is 28.0. The number of carbonyl (C=O) groups excluding carboxylic acids is 3. The molecule has 0 bridgehead atoms. The van der Waals surface area contributed by atoms with E-state index < -0.39 is 23.7 Å². The van der Waals surface area contributed by atoms with Crippen molar-refractivity contribution in [3.05, 3.63) is 53.8 Å². The van der Waals surface area contributed by atoms with Crippen LogP contribution in [0.2, 0.25) is 0 Å². The normalized spacial score (nSPS) is 10.4. The zero-order chi connectivity index (χ0) is 20.5. The monoisotopic (exact) mass is 388 g/mol. The molecule has 0 aliphatic carbocycles. The number of hydrazone groups is 1. The lowest BCUT2D eigenvalue weighted by Gasteiger charge is -2.08. The van der Waals surface area contributed by atoms with Gasteiger partial charge >= 0.3 is 11.9 Å². The van der Waals surface area contributed by atoms with Crippen LogP contribution in [0, 0.1) is 5.82 Å². The average molecular weight is 388 g/mol. The van der Waals surface area contributed by atoms with Crippen molar-refractivity contribution in [3.8, 4) is 17.2 Å². The van der Waals surface area contributed by atoms with Crippen molar-refractivity contribution in [2.45, 2.75) is 13.8 Å². The third-order valence-electron chi connectivity index (χ3n) is 3.08. The van der Waals surface area contributed by atoms with E-state index in [2.05, 4.69) is 10.5 Å². The molecule has 0 fully saturated rings. The third-order valence-corrected chi connectivity index (χ3v) is 3.08. The van der Waals surface area contributed by atoms with E-state index >= 15 is 0 Å². The minimum atomic E-state index is -0.577. The van der Waals surface area contributed by atoms with Gasteiger partial charge in [-0.15, -0.1) is 0 Å². The van der Waals surface area contributed by atoms with Gasteiger partial charge in [-0.05, 0) is 36.4 Å². The fraction of sp³-hybridized carbons (Fsp3) is 0.158. The number of rotatable bonds is 7. The standard InChI is InChI=1S/C19H17FN2O6/c1-12(23)27-17-6-3-14(18(9-17)28-13(2)24)10-21-22-19(25)11-26-16-7-4-15(20)5-8-16/h3-10H,11H2,1-2H3,(H,22,25)/b21-10-. The summed E-state index contributed by atoms with van der Waals surface area (Å²) >= 11 is 0. The summed E-state index contributed by atoms with van der Waals surface area (Å²) in [5.74, 6) is -1.44. The number of amides is 1. The second kappa shape index (κ2) is 9.81. The molecule has 2 rings (SSSR count). The fourth-order valence-electron chi connectivity index (χ4n) is 1.98. The maximum Gasteiger partial charge on any atom is 0.308 e. The highest BCUT2D eigenvalue weighted by Crippen LogP contribution is 2.24. The smallest absolute Gasteiger partial charge is 0.308 e. The van der Waals surface area contributed by atoms with Gasteiger partial charge in [-0.1, -0.05) is 0 Å². The largest absolute Gasteiger partial charge is 0.484 e. The number of nitrogens with zero attached hydrogens (tertiary/aromatic N) is 1. The highest BCUT2D eigenvalue weighted by atomic mass is 19.1. The molecule has 2 aromatic rings. The lowest BCUT2D eigenvalue weighted by atomic mass is 10.2. The van der Waals surface area contributed by atoms with Crippen LogP contribution in [0.15, 0.2) is 47.6 Å². The van der Waals surface area contributed by atoms with Crippen LogP contribution in [0.1, 0.15) is 19.4 Å². The molecule has 9 heteroatoms. The molecule has 8 nitrogen and oxygen atoms in total. The van der Waals surface area contributed by atoms with Crippen LogP contribution in [-0.2, 0) is 14.4 Å². The van der Waals surface area contributed by atoms with Crippen LogP contribution in [0.4, 0.5) is 4.39 Å². The van der Waals surface area contributed by atoms with Crippen LogP contribution in [-0.4, -0.2) is 30.7 Å². The van der Waals surface area contributed by atoms with Crippen molar-refractivity contribution in [2.75, 3.05) is 6.61 Å². The van der Waals surface area contributed by atoms with E-state index in [-0.39, 0.29) is 18.1 Å². The van der Waals surface area contributed by atoms with Crippen LogP contribution >= 0.6 is 0 Å². The van der Waals surface area contributed by atoms with Crippen molar-refractivity contribution in [1.29, 1.82) is 0 Å². The molecule has 0 aliphatic heterocycles. The Morgan fingerprint density at radius 1 is 1.00 bits per heavy atom. The summed E-state index contributed by atoms with van der Waals surface area (Å²) in [7, 11) is 0. The molecule has 0 spiro atoms. The molecule has 0 heterocycles. The molecule has 0 saturated carbocycles. The summed E-state index contributed by atoms with van der Waals surface area (Å²) in [6.45, 7) is 2.13. The third kappa shape index (κ3) is 6.87. The Hall–Kier alpha value is -3.75. The van der Waals surface area contributed by atoms with Gasteiger partial charge in [0.1, 0.15) is 23.1 Å². The molecule has 0 unspecified atom stereocenters.